The van der Waals surface area contributed by atoms with Gasteiger partial charge in [0.05, 0.1) is 0 Å². The van der Waals surface area contributed by atoms with Gasteiger partial charge in [-0.25, -0.2) is 4.79 Å². The van der Waals surface area contributed by atoms with E-state index in [9.17, 15) is 9.59 Å². The van der Waals surface area contributed by atoms with Gasteiger partial charge in [0.25, 0.3) is 0 Å². The zero-order valence-corrected chi connectivity index (χ0v) is 12.9. The fourth-order valence-corrected chi connectivity index (χ4v) is 2.87. The second-order valence-electron chi connectivity index (χ2n) is 6.02. The van der Waals surface area contributed by atoms with Crippen LogP contribution in [0.3, 0.4) is 0 Å². The van der Waals surface area contributed by atoms with Crippen LogP contribution in [0.25, 0.3) is 0 Å². The van der Waals surface area contributed by atoms with Gasteiger partial charge < -0.3 is 15.3 Å². The molecule has 1 atom stereocenters. The third kappa shape index (κ3) is 4.69. The van der Waals surface area contributed by atoms with Gasteiger partial charge in [-0.15, -0.1) is 0 Å². The largest absolute Gasteiger partial charge is 0.481 e. The van der Waals surface area contributed by atoms with E-state index in [0.29, 0.717) is 18.3 Å². The Bertz CT molecular complexity index is 340. The fraction of sp³-hybridized carbons (Fsp3) is 0.867. The highest BCUT2D eigenvalue weighted by Gasteiger charge is 2.37. The van der Waals surface area contributed by atoms with Gasteiger partial charge >= 0.3 is 12.0 Å². The molecule has 20 heavy (non-hydrogen) atoms. The number of aliphatic carboxylic acids is 1. The molecule has 0 aromatic heterocycles. The van der Waals surface area contributed by atoms with Gasteiger partial charge in [0.15, 0.2) is 0 Å². The number of carboxylic acid groups (broad SMARTS) is 1. The van der Waals surface area contributed by atoms with E-state index in [1.807, 2.05) is 11.8 Å². The molecule has 0 spiro atoms. The number of hydrogen-bond donors (Lipinski definition) is 2. The molecule has 0 bridgehead atoms. The summed E-state index contributed by atoms with van der Waals surface area (Å²) in [5, 5.41) is 11.6. The third-order valence-corrected chi connectivity index (χ3v) is 4.62. The lowest BCUT2D eigenvalue weighted by Gasteiger charge is -2.27. The summed E-state index contributed by atoms with van der Waals surface area (Å²) in [5.74, 6) is -0.779. The Morgan fingerprint density at radius 3 is 2.50 bits per heavy atom. The predicted molar refractivity (Wildman–Crippen MR) is 78.7 cm³/mol. The first-order valence-corrected chi connectivity index (χ1v) is 7.69. The van der Waals surface area contributed by atoms with Crippen molar-refractivity contribution in [3.05, 3.63) is 0 Å². The van der Waals surface area contributed by atoms with E-state index in [1.54, 1.807) is 0 Å². The van der Waals surface area contributed by atoms with Crippen molar-refractivity contribution in [3.8, 4) is 0 Å². The molecule has 1 rings (SSSR count). The normalized spacial score (nSPS) is 18.9. The second kappa shape index (κ2) is 7.50. The van der Waals surface area contributed by atoms with Crippen molar-refractivity contribution in [2.45, 2.75) is 65.3 Å². The van der Waals surface area contributed by atoms with Crippen LogP contribution in [0.4, 0.5) is 4.79 Å². The van der Waals surface area contributed by atoms with Crippen molar-refractivity contribution >= 4 is 12.0 Å². The highest BCUT2D eigenvalue weighted by Crippen LogP contribution is 2.36. The van der Waals surface area contributed by atoms with Gasteiger partial charge in [-0.05, 0) is 44.4 Å². The van der Waals surface area contributed by atoms with Crippen molar-refractivity contribution in [3.63, 3.8) is 0 Å². The standard InChI is InChI=1S/C15H28N2O3/c1-4-15(5-2)9-10-17(11-15)14(20)16-12(3)7-6-8-13(18)19/h12H,4-11H2,1-3H3,(H,16,20)(H,18,19). The van der Waals surface area contributed by atoms with Crippen molar-refractivity contribution in [1.29, 1.82) is 0 Å². The first-order chi connectivity index (χ1) is 9.42. The lowest BCUT2D eigenvalue weighted by molar-refractivity contribution is -0.137. The molecule has 2 amide bonds. The zero-order valence-electron chi connectivity index (χ0n) is 12.9. The topological polar surface area (TPSA) is 69.6 Å². The van der Waals surface area contributed by atoms with Gasteiger partial charge in [-0.3, -0.25) is 4.79 Å². The van der Waals surface area contributed by atoms with E-state index in [-0.39, 0.29) is 18.5 Å². The van der Waals surface area contributed by atoms with Crippen LogP contribution in [0.15, 0.2) is 0 Å². The first-order valence-electron chi connectivity index (χ1n) is 7.69. The Labute approximate surface area is 121 Å². The number of amides is 2. The molecule has 116 valence electrons. The Kier molecular flexibility index (Phi) is 6.30. The van der Waals surface area contributed by atoms with Crippen molar-refractivity contribution in [2.24, 2.45) is 5.41 Å². The van der Waals surface area contributed by atoms with Crippen molar-refractivity contribution < 1.29 is 14.7 Å². The van der Waals surface area contributed by atoms with E-state index in [2.05, 4.69) is 19.2 Å². The maximum Gasteiger partial charge on any atom is 0.317 e. The Morgan fingerprint density at radius 2 is 2.00 bits per heavy atom. The molecule has 0 aromatic rings. The average Bonchev–Trinajstić information content (AvgIpc) is 2.83. The average molecular weight is 284 g/mol. The van der Waals surface area contributed by atoms with Crippen LogP contribution in [0, 0.1) is 5.41 Å². The lowest BCUT2D eigenvalue weighted by Crippen LogP contribution is -2.43. The molecule has 1 heterocycles. The van der Waals surface area contributed by atoms with Gasteiger partial charge in [-0.1, -0.05) is 13.8 Å². The SMILES string of the molecule is CCC1(CC)CCN(C(=O)NC(C)CCCC(=O)O)C1. The van der Waals surface area contributed by atoms with Crippen LogP contribution in [0.1, 0.15) is 59.3 Å². The van der Waals surface area contributed by atoms with Gasteiger partial charge in [0.1, 0.15) is 0 Å². The van der Waals surface area contributed by atoms with E-state index in [1.165, 1.54) is 0 Å². The molecule has 5 heteroatoms. The Balaban J connectivity index is 2.34. The molecular weight excluding hydrogens is 256 g/mol. The molecule has 0 aliphatic carbocycles. The van der Waals surface area contributed by atoms with E-state index in [0.717, 1.165) is 32.4 Å². The molecule has 1 fully saturated rings. The third-order valence-electron chi connectivity index (χ3n) is 4.62. The van der Waals surface area contributed by atoms with Crippen LogP contribution < -0.4 is 5.32 Å². The van der Waals surface area contributed by atoms with Crippen LogP contribution in [0.5, 0.6) is 0 Å². The summed E-state index contributed by atoms with van der Waals surface area (Å²) < 4.78 is 0. The summed E-state index contributed by atoms with van der Waals surface area (Å²) >= 11 is 0. The summed E-state index contributed by atoms with van der Waals surface area (Å²) in [6, 6.07) is 0.0247. The van der Waals surface area contributed by atoms with E-state index in [4.69, 9.17) is 5.11 Å². The van der Waals surface area contributed by atoms with Gasteiger partial charge in [0.2, 0.25) is 0 Å². The molecule has 0 radical (unpaired) electrons. The maximum absolute atomic E-state index is 12.2. The fourth-order valence-electron chi connectivity index (χ4n) is 2.87. The minimum Gasteiger partial charge on any atom is -0.481 e. The number of hydrogen-bond acceptors (Lipinski definition) is 2. The minimum atomic E-state index is -0.779. The summed E-state index contributed by atoms with van der Waals surface area (Å²) in [7, 11) is 0. The molecule has 1 aliphatic rings. The molecule has 1 unspecified atom stereocenters. The molecule has 1 aliphatic heterocycles. The van der Waals surface area contributed by atoms with Crippen LogP contribution >= 0.6 is 0 Å². The first kappa shape index (κ1) is 16.8. The smallest absolute Gasteiger partial charge is 0.317 e. The Hall–Kier alpha value is -1.26. The van der Waals surface area contributed by atoms with E-state index >= 15 is 0 Å². The van der Waals surface area contributed by atoms with Crippen molar-refractivity contribution in [1.82, 2.24) is 10.2 Å². The number of carbonyl (C=O) groups excluding carboxylic acids is 1. The monoisotopic (exact) mass is 284 g/mol. The van der Waals surface area contributed by atoms with Crippen LogP contribution in [0.2, 0.25) is 0 Å². The molecule has 2 N–H and O–H groups in total. The second-order valence-corrected chi connectivity index (χ2v) is 6.02. The van der Waals surface area contributed by atoms with E-state index < -0.39 is 5.97 Å². The molecule has 1 saturated heterocycles. The lowest BCUT2D eigenvalue weighted by atomic mass is 9.82. The molecule has 0 aromatic carbocycles. The number of carbonyl (C=O) groups is 2. The maximum atomic E-state index is 12.2. The van der Waals surface area contributed by atoms with Gasteiger partial charge in [-0.2, -0.15) is 0 Å². The van der Waals surface area contributed by atoms with Crippen molar-refractivity contribution in [2.75, 3.05) is 13.1 Å². The van der Waals surface area contributed by atoms with Crippen LogP contribution in [-0.4, -0.2) is 41.1 Å². The Morgan fingerprint density at radius 1 is 1.35 bits per heavy atom. The number of nitrogens with one attached hydrogen (secondary N) is 1. The summed E-state index contributed by atoms with van der Waals surface area (Å²) in [6.45, 7) is 7.99. The summed E-state index contributed by atoms with van der Waals surface area (Å²) in [5.41, 5.74) is 0.296. The highest BCUT2D eigenvalue weighted by atomic mass is 16.4. The predicted octanol–water partition coefficient (Wildman–Crippen LogP) is 2.85. The number of carboxylic acids is 1. The van der Waals surface area contributed by atoms with Gasteiger partial charge in [0, 0.05) is 25.6 Å². The number of nitrogens with zero attached hydrogens (tertiary/aromatic N) is 1. The molecule has 0 saturated carbocycles. The summed E-state index contributed by atoms with van der Waals surface area (Å²) in [4.78, 5) is 24.5. The minimum absolute atomic E-state index is 0.00315. The number of rotatable bonds is 7. The quantitative estimate of drug-likeness (QED) is 0.755. The molecule has 5 nitrogen and oxygen atoms in total. The zero-order chi connectivity index (χ0) is 15.2. The number of likely N-dealkylation sites (tertiary alicyclic amines) is 1. The molecular formula is C15H28N2O3. The number of urea groups is 1. The van der Waals surface area contributed by atoms with Crippen LogP contribution in [-0.2, 0) is 4.79 Å². The highest BCUT2D eigenvalue weighted by molar-refractivity contribution is 5.74. The summed E-state index contributed by atoms with van der Waals surface area (Å²) in [6.07, 6.45) is 4.78.